The van der Waals surface area contributed by atoms with E-state index in [0.717, 1.165) is 25.1 Å². The summed E-state index contributed by atoms with van der Waals surface area (Å²) in [6.45, 7) is 3.85. The van der Waals surface area contributed by atoms with Crippen molar-refractivity contribution in [3.8, 4) is 16.9 Å². The third kappa shape index (κ3) is 4.61. The molecule has 0 spiro atoms. The standard InChI is InChI=1S/C19H25NO/c1-4-21-19-13-12-17(16-9-6-5-7-10-16)15-18(19)11-8-14-20(2)3/h5-7,9-10,12-13,15H,4,8,11,14H2,1-3H3. The van der Waals surface area contributed by atoms with Crippen molar-refractivity contribution < 1.29 is 4.74 Å². The predicted molar refractivity (Wildman–Crippen MR) is 89.9 cm³/mol. The molecule has 112 valence electrons. The average Bonchev–Trinajstić information content (AvgIpc) is 2.49. The van der Waals surface area contributed by atoms with Crippen molar-refractivity contribution in [2.75, 3.05) is 27.2 Å². The Morgan fingerprint density at radius 2 is 1.71 bits per heavy atom. The first-order valence-corrected chi connectivity index (χ1v) is 7.66. The number of nitrogens with zero attached hydrogens (tertiary/aromatic N) is 1. The Kier molecular flexibility index (Phi) is 5.82. The van der Waals surface area contributed by atoms with Gasteiger partial charge in [0.25, 0.3) is 0 Å². The van der Waals surface area contributed by atoms with Crippen LogP contribution < -0.4 is 4.74 Å². The summed E-state index contributed by atoms with van der Waals surface area (Å²) in [5, 5.41) is 0. The Labute approximate surface area is 128 Å². The Morgan fingerprint density at radius 1 is 0.952 bits per heavy atom. The quantitative estimate of drug-likeness (QED) is 0.753. The van der Waals surface area contributed by atoms with Gasteiger partial charge in [-0.1, -0.05) is 36.4 Å². The van der Waals surface area contributed by atoms with E-state index in [-0.39, 0.29) is 0 Å². The molecule has 2 nitrogen and oxygen atoms in total. The molecule has 21 heavy (non-hydrogen) atoms. The van der Waals surface area contributed by atoms with Crippen molar-refractivity contribution in [2.24, 2.45) is 0 Å². The van der Waals surface area contributed by atoms with E-state index in [0.29, 0.717) is 6.61 Å². The smallest absolute Gasteiger partial charge is 0.122 e. The van der Waals surface area contributed by atoms with Gasteiger partial charge in [-0.2, -0.15) is 0 Å². The molecule has 0 saturated carbocycles. The molecule has 0 aliphatic heterocycles. The normalized spacial score (nSPS) is 10.9. The molecule has 0 unspecified atom stereocenters. The molecule has 0 bridgehead atoms. The molecule has 0 amide bonds. The van der Waals surface area contributed by atoms with E-state index < -0.39 is 0 Å². The summed E-state index contributed by atoms with van der Waals surface area (Å²) in [5.41, 5.74) is 3.83. The van der Waals surface area contributed by atoms with Crippen LogP contribution in [0.25, 0.3) is 11.1 Å². The van der Waals surface area contributed by atoms with Gasteiger partial charge in [0.05, 0.1) is 6.61 Å². The molecule has 2 heteroatoms. The zero-order valence-corrected chi connectivity index (χ0v) is 13.3. The van der Waals surface area contributed by atoms with E-state index in [1.165, 1.54) is 16.7 Å². The molecule has 0 aliphatic rings. The van der Waals surface area contributed by atoms with Crippen LogP contribution in [0.1, 0.15) is 18.9 Å². The van der Waals surface area contributed by atoms with Crippen LogP contribution in [0.4, 0.5) is 0 Å². The van der Waals surface area contributed by atoms with Crippen LogP contribution in [0.2, 0.25) is 0 Å². The summed E-state index contributed by atoms with van der Waals surface area (Å²) in [6, 6.07) is 17.0. The van der Waals surface area contributed by atoms with Crippen molar-refractivity contribution in [1.29, 1.82) is 0 Å². The van der Waals surface area contributed by atoms with Gasteiger partial charge in [-0.25, -0.2) is 0 Å². The van der Waals surface area contributed by atoms with Crippen molar-refractivity contribution in [3.63, 3.8) is 0 Å². The van der Waals surface area contributed by atoms with Crippen molar-refractivity contribution in [3.05, 3.63) is 54.1 Å². The van der Waals surface area contributed by atoms with Crippen molar-refractivity contribution in [1.82, 2.24) is 4.90 Å². The van der Waals surface area contributed by atoms with Gasteiger partial charge >= 0.3 is 0 Å². The fourth-order valence-corrected chi connectivity index (χ4v) is 2.47. The summed E-state index contributed by atoms with van der Waals surface area (Å²) in [7, 11) is 4.23. The van der Waals surface area contributed by atoms with E-state index in [1.54, 1.807) is 0 Å². The number of hydrogen-bond acceptors (Lipinski definition) is 2. The molecule has 0 N–H and O–H groups in total. The third-order valence-corrected chi connectivity index (χ3v) is 3.52. The van der Waals surface area contributed by atoms with E-state index in [9.17, 15) is 0 Å². The highest BCUT2D eigenvalue weighted by Gasteiger charge is 2.07. The molecule has 0 atom stereocenters. The van der Waals surface area contributed by atoms with Crippen LogP contribution in [0.5, 0.6) is 5.75 Å². The van der Waals surface area contributed by atoms with Crippen LogP contribution >= 0.6 is 0 Å². The van der Waals surface area contributed by atoms with Gasteiger partial charge in [-0.05, 0) is 69.2 Å². The van der Waals surface area contributed by atoms with E-state index >= 15 is 0 Å². The first-order valence-electron chi connectivity index (χ1n) is 7.66. The van der Waals surface area contributed by atoms with E-state index in [4.69, 9.17) is 4.74 Å². The number of rotatable bonds is 7. The second-order valence-electron chi connectivity index (χ2n) is 5.53. The number of aryl methyl sites for hydroxylation is 1. The van der Waals surface area contributed by atoms with Crippen LogP contribution in [-0.4, -0.2) is 32.1 Å². The lowest BCUT2D eigenvalue weighted by Crippen LogP contribution is -2.13. The summed E-state index contributed by atoms with van der Waals surface area (Å²) in [5.74, 6) is 1.02. The molecule has 0 aliphatic carbocycles. The van der Waals surface area contributed by atoms with Gasteiger partial charge in [0.1, 0.15) is 5.75 Å². The molecule has 0 radical (unpaired) electrons. The van der Waals surface area contributed by atoms with Gasteiger partial charge < -0.3 is 9.64 Å². The molecule has 0 aromatic heterocycles. The highest BCUT2D eigenvalue weighted by atomic mass is 16.5. The van der Waals surface area contributed by atoms with Gasteiger partial charge in [-0.15, -0.1) is 0 Å². The third-order valence-electron chi connectivity index (χ3n) is 3.52. The second-order valence-corrected chi connectivity index (χ2v) is 5.53. The van der Waals surface area contributed by atoms with E-state index in [1.807, 2.05) is 6.92 Å². The Balaban J connectivity index is 2.21. The minimum Gasteiger partial charge on any atom is -0.494 e. The lowest BCUT2D eigenvalue weighted by molar-refractivity contribution is 0.334. The zero-order valence-electron chi connectivity index (χ0n) is 13.3. The molecule has 2 rings (SSSR count). The minimum absolute atomic E-state index is 0.714. The van der Waals surface area contributed by atoms with Crippen LogP contribution in [0, 0.1) is 0 Å². The maximum absolute atomic E-state index is 5.77. The van der Waals surface area contributed by atoms with Gasteiger partial charge in [0, 0.05) is 0 Å². The molecule has 2 aromatic rings. The van der Waals surface area contributed by atoms with Crippen LogP contribution in [-0.2, 0) is 6.42 Å². The monoisotopic (exact) mass is 283 g/mol. The Hall–Kier alpha value is -1.80. The lowest BCUT2D eigenvalue weighted by atomic mass is 10.00. The zero-order chi connectivity index (χ0) is 15.1. The molecule has 2 aromatic carbocycles. The van der Waals surface area contributed by atoms with Crippen LogP contribution in [0.15, 0.2) is 48.5 Å². The summed E-state index contributed by atoms with van der Waals surface area (Å²) >= 11 is 0. The summed E-state index contributed by atoms with van der Waals surface area (Å²) in [4.78, 5) is 2.22. The topological polar surface area (TPSA) is 12.5 Å². The van der Waals surface area contributed by atoms with Crippen molar-refractivity contribution >= 4 is 0 Å². The fraction of sp³-hybridized carbons (Fsp3) is 0.368. The highest BCUT2D eigenvalue weighted by Crippen LogP contribution is 2.27. The summed E-state index contributed by atoms with van der Waals surface area (Å²) < 4.78 is 5.77. The second kappa shape index (κ2) is 7.84. The van der Waals surface area contributed by atoms with Crippen molar-refractivity contribution in [2.45, 2.75) is 19.8 Å². The molecule has 0 fully saturated rings. The van der Waals surface area contributed by atoms with E-state index in [2.05, 4.69) is 67.5 Å². The minimum atomic E-state index is 0.714. The lowest BCUT2D eigenvalue weighted by Gasteiger charge is -2.14. The number of hydrogen-bond donors (Lipinski definition) is 0. The van der Waals surface area contributed by atoms with Gasteiger partial charge in [-0.3, -0.25) is 0 Å². The Morgan fingerprint density at radius 3 is 2.38 bits per heavy atom. The molecular weight excluding hydrogens is 258 g/mol. The molecule has 0 saturated heterocycles. The first kappa shape index (κ1) is 15.6. The maximum Gasteiger partial charge on any atom is 0.122 e. The number of ether oxygens (including phenoxy) is 1. The number of benzene rings is 2. The summed E-state index contributed by atoms with van der Waals surface area (Å²) in [6.07, 6.45) is 2.19. The van der Waals surface area contributed by atoms with Gasteiger partial charge in [0.15, 0.2) is 0 Å². The first-order chi connectivity index (χ1) is 10.2. The van der Waals surface area contributed by atoms with Gasteiger partial charge in [0.2, 0.25) is 0 Å². The average molecular weight is 283 g/mol. The molecular formula is C19H25NO. The SMILES string of the molecule is CCOc1ccc(-c2ccccc2)cc1CCCN(C)C. The van der Waals surface area contributed by atoms with Crippen LogP contribution in [0.3, 0.4) is 0 Å². The predicted octanol–water partition coefficient (Wildman–Crippen LogP) is 4.25. The fourth-order valence-electron chi connectivity index (χ4n) is 2.47. The Bertz CT molecular complexity index is 549. The molecule has 0 heterocycles. The maximum atomic E-state index is 5.77. The largest absolute Gasteiger partial charge is 0.494 e. The highest BCUT2D eigenvalue weighted by molar-refractivity contribution is 5.65.